The summed E-state index contributed by atoms with van der Waals surface area (Å²) in [4.78, 5) is 14.6. The highest BCUT2D eigenvalue weighted by Gasteiger charge is 2.40. The summed E-state index contributed by atoms with van der Waals surface area (Å²) in [6.45, 7) is 5.59. The van der Waals surface area contributed by atoms with E-state index in [2.05, 4.69) is 17.1 Å². The van der Waals surface area contributed by atoms with E-state index in [0.29, 0.717) is 23.8 Å². The molecule has 3 aliphatic rings. The van der Waals surface area contributed by atoms with Gasteiger partial charge in [0, 0.05) is 19.0 Å². The van der Waals surface area contributed by atoms with Gasteiger partial charge in [-0.15, -0.1) is 0 Å². The molecule has 1 N–H and O–H groups in total. The van der Waals surface area contributed by atoms with Crippen LogP contribution in [0.4, 0.5) is 0 Å². The minimum atomic E-state index is 0.431. The van der Waals surface area contributed by atoms with E-state index < -0.39 is 0 Å². The number of piperidine rings is 2. The molecule has 1 aliphatic carbocycles. The predicted molar refractivity (Wildman–Crippen MR) is 72.2 cm³/mol. The van der Waals surface area contributed by atoms with Gasteiger partial charge in [-0.3, -0.25) is 4.79 Å². The van der Waals surface area contributed by atoms with Crippen molar-refractivity contribution in [2.45, 2.75) is 51.5 Å². The third-order valence-electron chi connectivity index (χ3n) is 5.37. The maximum Gasteiger partial charge on any atom is 0.223 e. The van der Waals surface area contributed by atoms with Gasteiger partial charge in [0.2, 0.25) is 5.91 Å². The Bertz CT molecular complexity index is 312. The number of hydrogen-bond donors (Lipinski definition) is 1. The highest BCUT2D eigenvalue weighted by Crippen LogP contribution is 2.38. The Morgan fingerprint density at radius 2 is 2.28 bits per heavy atom. The molecule has 2 saturated heterocycles. The van der Waals surface area contributed by atoms with Gasteiger partial charge < -0.3 is 10.2 Å². The molecule has 18 heavy (non-hydrogen) atoms. The topological polar surface area (TPSA) is 32.3 Å². The van der Waals surface area contributed by atoms with E-state index in [0.717, 1.165) is 32.0 Å². The number of nitrogens with zero attached hydrogens (tertiary/aromatic N) is 1. The number of carbonyl (C=O) groups is 1. The van der Waals surface area contributed by atoms with Gasteiger partial charge in [-0.05, 0) is 62.9 Å². The number of likely N-dealkylation sites (tertiary alicyclic amines) is 1. The predicted octanol–water partition coefficient (Wildman–Crippen LogP) is 2.02. The van der Waals surface area contributed by atoms with Gasteiger partial charge in [-0.1, -0.05) is 6.92 Å². The molecule has 2 heterocycles. The molecule has 1 amide bonds. The highest BCUT2D eigenvalue weighted by molar-refractivity contribution is 5.77. The molecule has 0 aromatic heterocycles. The summed E-state index contributed by atoms with van der Waals surface area (Å²) < 4.78 is 0. The zero-order valence-electron chi connectivity index (χ0n) is 11.5. The van der Waals surface area contributed by atoms with Crippen molar-refractivity contribution >= 4 is 5.91 Å². The van der Waals surface area contributed by atoms with Crippen LogP contribution in [-0.4, -0.2) is 36.5 Å². The van der Waals surface area contributed by atoms with Crippen molar-refractivity contribution in [3.05, 3.63) is 0 Å². The van der Waals surface area contributed by atoms with E-state index in [1.807, 2.05) is 0 Å². The van der Waals surface area contributed by atoms with Crippen LogP contribution in [0.3, 0.4) is 0 Å². The van der Waals surface area contributed by atoms with E-state index in [4.69, 9.17) is 0 Å². The second kappa shape index (κ2) is 5.20. The van der Waals surface area contributed by atoms with Crippen molar-refractivity contribution in [3.8, 4) is 0 Å². The van der Waals surface area contributed by atoms with Crippen molar-refractivity contribution in [1.82, 2.24) is 10.2 Å². The molecule has 4 unspecified atom stereocenters. The first-order valence-corrected chi connectivity index (χ1v) is 7.74. The van der Waals surface area contributed by atoms with E-state index >= 15 is 0 Å². The summed E-state index contributed by atoms with van der Waals surface area (Å²) in [5.41, 5.74) is 0. The lowest BCUT2D eigenvalue weighted by molar-refractivity contribution is -0.134. The van der Waals surface area contributed by atoms with Crippen LogP contribution in [0.2, 0.25) is 0 Å². The van der Waals surface area contributed by atoms with Crippen LogP contribution >= 0.6 is 0 Å². The van der Waals surface area contributed by atoms with Crippen LogP contribution in [0, 0.1) is 17.8 Å². The number of carbonyl (C=O) groups excluding carboxylic acids is 1. The van der Waals surface area contributed by atoms with Crippen LogP contribution in [0.25, 0.3) is 0 Å². The van der Waals surface area contributed by atoms with E-state index in [-0.39, 0.29) is 0 Å². The number of rotatable bonds is 3. The first-order chi connectivity index (χ1) is 8.74. The SMILES string of the molecule is CC(CC(=O)N1CC2CCC1C2)C1CCCNC1. The molecular formula is C15H26N2O. The molecule has 0 spiro atoms. The Kier molecular flexibility index (Phi) is 3.60. The maximum atomic E-state index is 12.4. The lowest BCUT2D eigenvalue weighted by Gasteiger charge is -2.32. The summed E-state index contributed by atoms with van der Waals surface area (Å²) in [5.74, 6) is 2.51. The van der Waals surface area contributed by atoms with Crippen LogP contribution in [0.15, 0.2) is 0 Å². The number of nitrogens with one attached hydrogen (secondary N) is 1. The molecule has 2 aliphatic heterocycles. The molecule has 0 aromatic rings. The fourth-order valence-electron chi connectivity index (χ4n) is 4.15. The van der Waals surface area contributed by atoms with Crippen molar-refractivity contribution in [2.24, 2.45) is 17.8 Å². The van der Waals surface area contributed by atoms with Gasteiger partial charge >= 0.3 is 0 Å². The second-order valence-electron chi connectivity index (χ2n) is 6.67. The van der Waals surface area contributed by atoms with Gasteiger partial charge in [0.15, 0.2) is 0 Å². The monoisotopic (exact) mass is 250 g/mol. The summed E-state index contributed by atoms with van der Waals surface area (Å²) in [6.07, 6.45) is 7.25. The Morgan fingerprint density at radius 1 is 1.39 bits per heavy atom. The van der Waals surface area contributed by atoms with Crippen molar-refractivity contribution in [3.63, 3.8) is 0 Å². The number of amides is 1. The normalized spacial score (nSPS) is 36.9. The smallest absolute Gasteiger partial charge is 0.223 e. The van der Waals surface area contributed by atoms with Crippen molar-refractivity contribution < 1.29 is 4.79 Å². The molecular weight excluding hydrogens is 224 g/mol. The Labute approximate surface area is 110 Å². The Balaban J connectivity index is 1.51. The zero-order valence-corrected chi connectivity index (χ0v) is 11.5. The second-order valence-corrected chi connectivity index (χ2v) is 6.67. The van der Waals surface area contributed by atoms with Crippen molar-refractivity contribution in [1.29, 1.82) is 0 Å². The average Bonchev–Trinajstić information content (AvgIpc) is 3.02. The molecule has 1 saturated carbocycles. The summed E-state index contributed by atoms with van der Waals surface area (Å²) in [6, 6.07) is 0.596. The quantitative estimate of drug-likeness (QED) is 0.831. The molecule has 2 bridgehead atoms. The summed E-state index contributed by atoms with van der Waals surface area (Å²) >= 11 is 0. The molecule has 3 rings (SSSR count). The van der Waals surface area contributed by atoms with Crippen LogP contribution < -0.4 is 5.32 Å². The third kappa shape index (κ3) is 2.42. The standard InChI is InChI=1S/C15H26N2O/c1-11(13-3-2-6-16-9-13)7-15(18)17-10-12-4-5-14(17)8-12/h11-14,16H,2-10H2,1H3. The fraction of sp³-hybridized carbons (Fsp3) is 0.933. The van der Waals surface area contributed by atoms with Gasteiger partial charge in [0.05, 0.1) is 0 Å². The van der Waals surface area contributed by atoms with Crippen LogP contribution in [0.1, 0.15) is 45.4 Å². The van der Waals surface area contributed by atoms with Crippen LogP contribution in [0.5, 0.6) is 0 Å². The molecule has 3 fully saturated rings. The van der Waals surface area contributed by atoms with E-state index in [1.54, 1.807) is 0 Å². The van der Waals surface area contributed by atoms with Gasteiger partial charge in [0.1, 0.15) is 0 Å². The highest BCUT2D eigenvalue weighted by atomic mass is 16.2. The Hall–Kier alpha value is -0.570. The molecule has 4 atom stereocenters. The number of hydrogen-bond acceptors (Lipinski definition) is 2. The van der Waals surface area contributed by atoms with E-state index in [1.165, 1.54) is 32.1 Å². The lowest BCUT2D eigenvalue weighted by atomic mass is 9.85. The van der Waals surface area contributed by atoms with Crippen molar-refractivity contribution in [2.75, 3.05) is 19.6 Å². The minimum Gasteiger partial charge on any atom is -0.339 e. The average molecular weight is 250 g/mol. The lowest BCUT2D eigenvalue weighted by Crippen LogP contribution is -2.40. The fourth-order valence-corrected chi connectivity index (χ4v) is 4.15. The van der Waals surface area contributed by atoms with Crippen LogP contribution in [-0.2, 0) is 4.79 Å². The Morgan fingerprint density at radius 3 is 2.89 bits per heavy atom. The summed E-state index contributed by atoms with van der Waals surface area (Å²) in [7, 11) is 0. The molecule has 0 radical (unpaired) electrons. The zero-order chi connectivity index (χ0) is 12.5. The first kappa shape index (κ1) is 12.5. The molecule has 3 heteroatoms. The maximum absolute atomic E-state index is 12.4. The third-order valence-corrected chi connectivity index (χ3v) is 5.37. The van der Waals surface area contributed by atoms with Gasteiger partial charge in [-0.2, -0.15) is 0 Å². The molecule has 0 aromatic carbocycles. The van der Waals surface area contributed by atoms with Gasteiger partial charge in [0.25, 0.3) is 0 Å². The number of fused-ring (bicyclic) bond motifs is 2. The summed E-state index contributed by atoms with van der Waals surface area (Å²) in [5, 5.41) is 3.46. The van der Waals surface area contributed by atoms with Gasteiger partial charge in [-0.25, -0.2) is 0 Å². The molecule has 102 valence electrons. The van der Waals surface area contributed by atoms with E-state index in [9.17, 15) is 4.79 Å². The first-order valence-electron chi connectivity index (χ1n) is 7.74. The largest absolute Gasteiger partial charge is 0.339 e. The molecule has 3 nitrogen and oxygen atoms in total. The minimum absolute atomic E-state index is 0.431.